The average Bonchev–Trinajstić information content (AvgIpc) is 2.71. The van der Waals surface area contributed by atoms with E-state index >= 15 is 0 Å². The van der Waals surface area contributed by atoms with Crippen LogP contribution in [-0.4, -0.2) is 50.6 Å². The summed E-state index contributed by atoms with van der Waals surface area (Å²) in [4.78, 5) is 18.3. The standard InChI is InChI=1S/C21H27N3O2.HI/c1-22-21(24-14-11-18(12-15-24)20(25)26-2)23-13-10-17-8-5-7-16-6-3-4-9-19(16)17;/h3-9,18H,10-15H2,1-2H3,(H,22,23);1H. The highest BCUT2D eigenvalue weighted by molar-refractivity contribution is 14.0. The number of rotatable bonds is 4. The maximum absolute atomic E-state index is 11.7. The van der Waals surface area contributed by atoms with Crippen molar-refractivity contribution in [1.29, 1.82) is 0 Å². The number of hydrogen-bond acceptors (Lipinski definition) is 3. The van der Waals surface area contributed by atoms with Crippen molar-refractivity contribution >= 4 is 46.7 Å². The van der Waals surface area contributed by atoms with Crippen LogP contribution in [0.3, 0.4) is 0 Å². The van der Waals surface area contributed by atoms with Crippen LogP contribution in [0.25, 0.3) is 10.8 Å². The number of benzene rings is 2. The maximum atomic E-state index is 11.7. The van der Waals surface area contributed by atoms with Gasteiger partial charge in [-0.15, -0.1) is 24.0 Å². The average molecular weight is 481 g/mol. The van der Waals surface area contributed by atoms with E-state index in [-0.39, 0.29) is 35.9 Å². The first-order valence-electron chi connectivity index (χ1n) is 9.23. The van der Waals surface area contributed by atoms with Gasteiger partial charge in [-0.1, -0.05) is 42.5 Å². The highest BCUT2D eigenvalue weighted by Gasteiger charge is 2.26. The smallest absolute Gasteiger partial charge is 0.308 e. The van der Waals surface area contributed by atoms with Crippen LogP contribution in [-0.2, 0) is 16.0 Å². The summed E-state index contributed by atoms with van der Waals surface area (Å²) >= 11 is 0. The molecule has 0 aliphatic carbocycles. The number of esters is 1. The van der Waals surface area contributed by atoms with Gasteiger partial charge >= 0.3 is 5.97 Å². The number of carbonyl (C=O) groups excluding carboxylic acids is 1. The molecule has 0 atom stereocenters. The Morgan fingerprint density at radius 2 is 1.89 bits per heavy atom. The number of methoxy groups -OCH3 is 1. The minimum absolute atomic E-state index is 0. The zero-order chi connectivity index (χ0) is 18.4. The van der Waals surface area contributed by atoms with Crippen molar-refractivity contribution in [1.82, 2.24) is 10.2 Å². The Kier molecular flexibility index (Phi) is 8.34. The highest BCUT2D eigenvalue weighted by Crippen LogP contribution is 2.20. The molecular weight excluding hydrogens is 453 g/mol. The molecule has 1 N–H and O–H groups in total. The van der Waals surface area contributed by atoms with Gasteiger partial charge in [0, 0.05) is 26.7 Å². The van der Waals surface area contributed by atoms with Crippen LogP contribution < -0.4 is 5.32 Å². The van der Waals surface area contributed by atoms with Gasteiger partial charge in [0.05, 0.1) is 13.0 Å². The number of likely N-dealkylation sites (tertiary alicyclic amines) is 1. The van der Waals surface area contributed by atoms with Gasteiger partial charge < -0.3 is 15.0 Å². The fourth-order valence-electron chi connectivity index (χ4n) is 3.65. The molecule has 146 valence electrons. The summed E-state index contributed by atoms with van der Waals surface area (Å²) in [5, 5.41) is 6.06. The Bertz CT molecular complexity index is 781. The van der Waals surface area contributed by atoms with Gasteiger partial charge in [0.2, 0.25) is 0 Å². The molecule has 0 amide bonds. The number of halogens is 1. The summed E-state index contributed by atoms with van der Waals surface area (Å²) in [6, 6.07) is 14.9. The number of hydrogen-bond donors (Lipinski definition) is 1. The van der Waals surface area contributed by atoms with Crippen LogP contribution in [0.2, 0.25) is 0 Å². The molecule has 6 heteroatoms. The van der Waals surface area contributed by atoms with E-state index < -0.39 is 0 Å². The molecule has 27 heavy (non-hydrogen) atoms. The molecule has 0 spiro atoms. The molecule has 0 aromatic heterocycles. The lowest BCUT2D eigenvalue weighted by molar-refractivity contribution is -0.146. The molecule has 1 saturated heterocycles. The monoisotopic (exact) mass is 481 g/mol. The number of aliphatic imine (C=N–C) groups is 1. The van der Waals surface area contributed by atoms with E-state index in [0.29, 0.717) is 0 Å². The molecule has 0 radical (unpaired) electrons. The van der Waals surface area contributed by atoms with E-state index in [0.717, 1.165) is 44.9 Å². The van der Waals surface area contributed by atoms with Crippen molar-refractivity contribution in [3.05, 3.63) is 48.0 Å². The van der Waals surface area contributed by atoms with E-state index in [1.165, 1.54) is 23.4 Å². The van der Waals surface area contributed by atoms with Gasteiger partial charge in [0.1, 0.15) is 0 Å². The number of carbonyl (C=O) groups is 1. The van der Waals surface area contributed by atoms with Gasteiger partial charge in [-0.25, -0.2) is 0 Å². The van der Waals surface area contributed by atoms with Crippen molar-refractivity contribution in [3.63, 3.8) is 0 Å². The minimum Gasteiger partial charge on any atom is -0.469 e. The predicted octanol–water partition coefficient (Wildman–Crippen LogP) is 3.46. The van der Waals surface area contributed by atoms with E-state index in [4.69, 9.17) is 4.74 Å². The summed E-state index contributed by atoms with van der Waals surface area (Å²) < 4.78 is 4.86. The Morgan fingerprint density at radius 1 is 1.19 bits per heavy atom. The van der Waals surface area contributed by atoms with Gasteiger partial charge in [0.15, 0.2) is 5.96 Å². The largest absolute Gasteiger partial charge is 0.469 e. The zero-order valence-electron chi connectivity index (χ0n) is 16.0. The third-order valence-electron chi connectivity index (χ3n) is 5.10. The van der Waals surface area contributed by atoms with Crippen molar-refractivity contribution in [3.8, 4) is 0 Å². The molecule has 2 aromatic rings. The number of nitrogens with one attached hydrogen (secondary N) is 1. The van der Waals surface area contributed by atoms with E-state index in [2.05, 4.69) is 57.7 Å². The molecule has 5 nitrogen and oxygen atoms in total. The normalized spacial score (nSPS) is 15.3. The Morgan fingerprint density at radius 3 is 2.59 bits per heavy atom. The van der Waals surface area contributed by atoms with Crippen molar-refractivity contribution in [2.75, 3.05) is 33.8 Å². The van der Waals surface area contributed by atoms with Crippen LogP contribution >= 0.6 is 24.0 Å². The number of piperidine rings is 1. The topological polar surface area (TPSA) is 53.9 Å². The quantitative estimate of drug-likeness (QED) is 0.315. The number of nitrogens with zero attached hydrogens (tertiary/aromatic N) is 2. The van der Waals surface area contributed by atoms with Crippen LogP contribution in [0.4, 0.5) is 0 Å². The predicted molar refractivity (Wildman–Crippen MR) is 121 cm³/mol. The summed E-state index contributed by atoms with van der Waals surface area (Å²) in [5.74, 6) is 0.835. The summed E-state index contributed by atoms with van der Waals surface area (Å²) in [6.07, 6.45) is 2.58. The lowest BCUT2D eigenvalue weighted by atomic mass is 9.97. The van der Waals surface area contributed by atoms with Gasteiger partial charge in [-0.05, 0) is 35.6 Å². The molecule has 0 saturated carbocycles. The van der Waals surface area contributed by atoms with Gasteiger partial charge in [0.25, 0.3) is 0 Å². The van der Waals surface area contributed by atoms with E-state index in [1.54, 1.807) is 0 Å². The third-order valence-corrected chi connectivity index (χ3v) is 5.10. The van der Waals surface area contributed by atoms with Crippen LogP contribution in [0.1, 0.15) is 18.4 Å². The van der Waals surface area contributed by atoms with Crippen molar-refractivity contribution in [2.24, 2.45) is 10.9 Å². The lowest BCUT2D eigenvalue weighted by Gasteiger charge is -2.33. The molecule has 1 fully saturated rings. The molecule has 1 heterocycles. The molecule has 0 unspecified atom stereocenters. The Balaban J connectivity index is 0.00000261. The second-order valence-corrected chi connectivity index (χ2v) is 6.65. The fraction of sp³-hybridized carbons (Fsp3) is 0.429. The van der Waals surface area contributed by atoms with Gasteiger partial charge in [-0.3, -0.25) is 9.79 Å². The highest BCUT2D eigenvalue weighted by atomic mass is 127. The minimum atomic E-state index is -0.0939. The van der Waals surface area contributed by atoms with E-state index in [1.807, 2.05) is 7.05 Å². The third kappa shape index (κ3) is 5.34. The van der Waals surface area contributed by atoms with Crippen LogP contribution in [0.15, 0.2) is 47.5 Å². The summed E-state index contributed by atoms with van der Waals surface area (Å²) in [7, 11) is 3.27. The van der Waals surface area contributed by atoms with Gasteiger partial charge in [-0.2, -0.15) is 0 Å². The summed E-state index contributed by atoms with van der Waals surface area (Å²) in [6.45, 7) is 2.49. The second-order valence-electron chi connectivity index (χ2n) is 6.65. The number of fused-ring (bicyclic) bond motifs is 1. The molecular formula is C21H28IN3O2. The molecule has 0 bridgehead atoms. The van der Waals surface area contributed by atoms with E-state index in [9.17, 15) is 4.79 Å². The molecule has 2 aromatic carbocycles. The van der Waals surface area contributed by atoms with Crippen molar-refractivity contribution in [2.45, 2.75) is 19.3 Å². The Labute approximate surface area is 178 Å². The summed E-state index contributed by atoms with van der Waals surface area (Å²) in [5.41, 5.74) is 1.34. The molecule has 1 aliphatic rings. The lowest BCUT2D eigenvalue weighted by Crippen LogP contribution is -2.47. The first-order chi connectivity index (χ1) is 12.7. The van der Waals surface area contributed by atoms with Crippen molar-refractivity contribution < 1.29 is 9.53 Å². The number of guanidine groups is 1. The maximum Gasteiger partial charge on any atom is 0.308 e. The fourth-order valence-corrected chi connectivity index (χ4v) is 3.65. The zero-order valence-corrected chi connectivity index (χ0v) is 18.3. The SMILES string of the molecule is CN=C(NCCc1cccc2ccccc12)N1CCC(C(=O)OC)CC1.I. The van der Waals surface area contributed by atoms with Crippen LogP contribution in [0.5, 0.6) is 0 Å². The number of ether oxygens (including phenoxy) is 1. The molecule has 1 aliphatic heterocycles. The first-order valence-corrected chi connectivity index (χ1v) is 9.23. The molecule has 3 rings (SSSR count). The van der Waals surface area contributed by atoms with Crippen LogP contribution in [0, 0.1) is 5.92 Å². The first kappa shape index (κ1) is 21.5. The Hall–Kier alpha value is -1.83. The second kappa shape index (κ2) is 10.5.